The molecule has 1 unspecified atom stereocenters. The SMILES string of the molecule is CC(C)C1CCCN(Cl)C1. The van der Waals surface area contributed by atoms with E-state index in [1.54, 1.807) is 0 Å². The molecule has 0 N–H and O–H groups in total. The van der Waals surface area contributed by atoms with Gasteiger partial charge < -0.3 is 0 Å². The Labute approximate surface area is 68.5 Å². The second-order valence-corrected chi connectivity index (χ2v) is 3.99. The third kappa shape index (κ3) is 2.14. The van der Waals surface area contributed by atoms with E-state index >= 15 is 0 Å². The van der Waals surface area contributed by atoms with Gasteiger partial charge in [-0.2, -0.15) is 0 Å². The van der Waals surface area contributed by atoms with Crippen LogP contribution in [0.15, 0.2) is 0 Å². The Morgan fingerprint density at radius 1 is 1.50 bits per heavy atom. The number of hydrogen-bond donors (Lipinski definition) is 0. The Balaban J connectivity index is 2.32. The van der Waals surface area contributed by atoms with E-state index in [1.807, 2.05) is 4.42 Å². The summed E-state index contributed by atoms with van der Waals surface area (Å²) in [5.41, 5.74) is 0. The predicted molar refractivity (Wildman–Crippen MR) is 45.0 cm³/mol. The number of hydrogen-bond acceptors (Lipinski definition) is 1. The topological polar surface area (TPSA) is 3.24 Å². The van der Waals surface area contributed by atoms with Crippen molar-refractivity contribution >= 4 is 11.8 Å². The van der Waals surface area contributed by atoms with Crippen LogP contribution >= 0.6 is 11.8 Å². The molecule has 0 saturated carbocycles. The number of halogens is 1. The predicted octanol–water partition coefficient (Wildman–Crippen LogP) is 2.51. The molecule has 1 saturated heterocycles. The van der Waals surface area contributed by atoms with E-state index in [2.05, 4.69) is 13.8 Å². The van der Waals surface area contributed by atoms with Crippen LogP contribution in [0.2, 0.25) is 0 Å². The lowest BCUT2D eigenvalue weighted by atomic mass is 9.89. The Morgan fingerprint density at radius 3 is 2.60 bits per heavy atom. The zero-order valence-corrected chi connectivity index (χ0v) is 7.56. The zero-order chi connectivity index (χ0) is 7.56. The van der Waals surface area contributed by atoms with Crippen LogP contribution in [-0.2, 0) is 0 Å². The molecule has 1 nitrogen and oxygen atoms in total. The van der Waals surface area contributed by atoms with Crippen LogP contribution in [-0.4, -0.2) is 17.5 Å². The molecule has 0 radical (unpaired) electrons. The molecule has 0 aromatic heterocycles. The Kier molecular flexibility index (Phi) is 2.99. The van der Waals surface area contributed by atoms with Crippen molar-refractivity contribution in [2.45, 2.75) is 26.7 Å². The average Bonchev–Trinajstić information content (AvgIpc) is 1.88. The molecule has 0 aromatic rings. The van der Waals surface area contributed by atoms with Crippen LogP contribution in [0, 0.1) is 11.8 Å². The van der Waals surface area contributed by atoms with E-state index in [0.29, 0.717) is 0 Å². The Hall–Kier alpha value is 0.250. The van der Waals surface area contributed by atoms with Gasteiger partial charge in [-0.15, -0.1) is 0 Å². The van der Waals surface area contributed by atoms with Crippen molar-refractivity contribution in [3.8, 4) is 0 Å². The lowest BCUT2D eigenvalue weighted by molar-refractivity contribution is 0.224. The fourth-order valence-electron chi connectivity index (χ4n) is 1.51. The van der Waals surface area contributed by atoms with Gasteiger partial charge in [-0.25, -0.2) is 4.42 Å². The monoisotopic (exact) mass is 161 g/mol. The third-order valence-electron chi connectivity index (χ3n) is 2.35. The molecule has 1 aliphatic rings. The van der Waals surface area contributed by atoms with Gasteiger partial charge in [-0.05, 0) is 36.5 Å². The van der Waals surface area contributed by atoms with Crippen molar-refractivity contribution < 1.29 is 0 Å². The van der Waals surface area contributed by atoms with Crippen molar-refractivity contribution in [1.82, 2.24) is 4.42 Å². The first-order valence-electron chi connectivity index (χ1n) is 4.11. The molecular formula is C8H16ClN. The summed E-state index contributed by atoms with van der Waals surface area (Å²) < 4.78 is 1.92. The minimum Gasteiger partial charge on any atom is -0.220 e. The van der Waals surface area contributed by atoms with Gasteiger partial charge >= 0.3 is 0 Å². The minimum absolute atomic E-state index is 0.793. The summed E-state index contributed by atoms with van der Waals surface area (Å²) in [5.74, 6) is 1.62. The van der Waals surface area contributed by atoms with Gasteiger partial charge in [0, 0.05) is 13.1 Å². The highest BCUT2D eigenvalue weighted by molar-refractivity contribution is 6.13. The van der Waals surface area contributed by atoms with Gasteiger partial charge in [0.25, 0.3) is 0 Å². The molecular weight excluding hydrogens is 146 g/mol. The molecule has 0 amide bonds. The first-order chi connectivity index (χ1) is 4.70. The van der Waals surface area contributed by atoms with Gasteiger partial charge in [-0.3, -0.25) is 0 Å². The van der Waals surface area contributed by atoms with Crippen molar-refractivity contribution in [1.29, 1.82) is 0 Å². The van der Waals surface area contributed by atoms with Crippen LogP contribution < -0.4 is 0 Å². The van der Waals surface area contributed by atoms with Crippen molar-refractivity contribution in [2.24, 2.45) is 11.8 Å². The standard InChI is InChI=1S/C8H16ClN/c1-7(2)8-4-3-5-10(9)6-8/h7-8H,3-6H2,1-2H3. The maximum atomic E-state index is 5.89. The first kappa shape index (κ1) is 8.35. The van der Waals surface area contributed by atoms with Gasteiger partial charge in [0.15, 0.2) is 0 Å². The van der Waals surface area contributed by atoms with Gasteiger partial charge in [-0.1, -0.05) is 13.8 Å². The molecule has 0 aromatic carbocycles. The van der Waals surface area contributed by atoms with Gasteiger partial charge in [0.05, 0.1) is 0 Å². The van der Waals surface area contributed by atoms with Crippen LogP contribution in [0.5, 0.6) is 0 Å². The third-order valence-corrected chi connectivity index (χ3v) is 2.66. The second-order valence-electron chi connectivity index (χ2n) is 3.52. The maximum Gasteiger partial charge on any atom is 0.0169 e. The summed E-state index contributed by atoms with van der Waals surface area (Å²) >= 11 is 5.89. The maximum absolute atomic E-state index is 5.89. The quantitative estimate of drug-likeness (QED) is 0.535. The number of piperidine rings is 1. The van der Waals surface area contributed by atoms with Crippen molar-refractivity contribution in [2.75, 3.05) is 13.1 Å². The molecule has 2 heteroatoms. The van der Waals surface area contributed by atoms with E-state index in [0.717, 1.165) is 24.9 Å². The normalized spacial score (nSPS) is 29.4. The molecule has 1 atom stereocenters. The molecule has 0 spiro atoms. The van der Waals surface area contributed by atoms with Gasteiger partial charge in [0.2, 0.25) is 0 Å². The van der Waals surface area contributed by atoms with E-state index < -0.39 is 0 Å². The molecule has 1 fully saturated rings. The van der Waals surface area contributed by atoms with Crippen LogP contribution in [0.3, 0.4) is 0 Å². The van der Waals surface area contributed by atoms with E-state index in [1.165, 1.54) is 12.8 Å². The molecule has 10 heavy (non-hydrogen) atoms. The number of rotatable bonds is 1. The molecule has 60 valence electrons. The molecule has 1 aliphatic heterocycles. The molecule has 0 bridgehead atoms. The summed E-state index contributed by atoms with van der Waals surface area (Å²) in [4.78, 5) is 0. The summed E-state index contributed by atoms with van der Waals surface area (Å²) in [6, 6.07) is 0. The highest BCUT2D eigenvalue weighted by Gasteiger charge is 2.20. The summed E-state index contributed by atoms with van der Waals surface area (Å²) in [7, 11) is 0. The lowest BCUT2D eigenvalue weighted by Crippen LogP contribution is -2.30. The highest BCUT2D eigenvalue weighted by Crippen LogP contribution is 2.23. The highest BCUT2D eigenvalue weighted by atomic mass is 35.5. The summed E-state index contributed by atoms with van der Waals surface area (Å²) in [6.07, 6.45) is 2.63. The molecule has 0 aliphatic carbocycles. The largest absolute Gasteiger partial charge is 0.220 e. The van der Waals surface area contributed by atoms with Crippen LogP contribution in [0.1, 0.15) is 26.7 Å². The lowest BCUT2D eigenvalue weighted by Gasteiger charge is -2.29. The van der Waals surface area contributed by atoms with Crippen LogP contribution in [0.25, 0.3) is 0 Å². The fourth-order valence-corrected chi connectivity index (χ4v) is 1.80. The average molecular weight is 162 g/mol. The fraction of sp³-hybridized carbons (Fsp3) is 1.00. The van der Waals surface area contributed by atoms with Gasteiger partial charge in [0.1, 0.15) is 0 Å². The first-order valence-corrected chi connectivity index (χ1v) is 4.44. The van der Waals surface area contributed by atoms with E-state index in [9.17, 15) is 0 Å². The summed E-state index contributed by atoms with van der Waals surface area (Å²) in [5, 5.41) is 0. The van der Waals surface area contributed by atoms with Crippen LogP contribution in [0.4, 0.5) is 0 Å². The Morgan fingerprint density at radius 2 is 2.20 bits per heavy atom. The Bertz CT molecular complexity index is 103. The van der Waals surface area contributed by atoms with Crippen molar-refractivity contribution in [3.05, 3.63) is 0 Å². The minimum atomic E-state index is 0.793. The zero-order valence-electron chi connectivity index (χ0n) is 6.81. The van der Waals surface area contributed by atoms with E-state index in [-0.39, 0.29) is 0 Å². The number of nitrogens with zero attached hydrogens (tertiary/aromatic N) is 1. The molecule has 1 heterocycles. The molecule has 1 rings (SSSR count). The second kappa shape index (κ2) is 3.59. The van der Waals surface area contributed by atoms with E-state index in [4.69, 9.17) is 11.8 Å². The smallest absolute Gasteiger partial charge is 0.0169 e. The van der Waals surface area contributed by atoms with Crippen molar-refractivity contribution in [3.63, 3.8) is 0 Å². The summed E-state index contributed by atoms with van der Waals surface area (Å²) in [6.45, 7) is 6.71.